The van der Waals surface area contributed by atoms with Crippen LogP contribution in [-0.2, 0) is 0 Å². The molecular formula is C17H21ClN2O. The third-order valence-electron chi connectivity index (χ3n) is 3.18. The molecule has 0 heterocycles. The van der Waals surface area contributed by atoms with Crippen molar-refractivity contribution in [3.8, 4) is 5.75 Å². The Bertz CT molecular complexity index is 587. The number of hydrogen-bond acceptors (Lipinski definition) is 3. The average molecular weight is 305 g/mol. The minimum absolute atomic E-state index is 0.680. The van der Waals surface area contributed by atoms with Gasteiger partial charge < -0.3 is 15.4 Å². The minimum atomic E-state index is 0.680. The Kier molecular flexibility index (Phi) is 5.76. The first kappa shape index (κ1) is 15.5. The van der Waals surface area contributed by atoms with Crippen molar-refractivity contribution in [2.45, 2.75) is 13.8 Å². The number of ether oxygens (including phenoxy) is 1. The molecule has 0 atom stereocenters. The molecule has 0 saturated heterocycles. The van der Waals surface area contributed by atoms with Crippen LogP contribution < -0.4 is 15.4 Å². The summed E-state index contributed by atoms with van der Waals surface area (Å²) >= 11 is 6.10. The van der Waals surface area contributed by atoms with E-state index in [0.29, 0.717) is 6.61 Å². The first-order valence-corrected chi connectivity index (χ1v) is 7.54. The maximum Gasteiger partial charge on any atom is 0.121 e. The van der Waals surface area contributed by atoms with Crippen LogP contribution >= 0.6 is 11.6 Å². The van der Waals surface area contributed by atoms with Crippen LogP contribution in [0.2, 0.25) is 5.02 Å². The molecule has 112 valence electrons. The van der Waals surface area contributed by atoms with Crippen LogP contribution in [0, 0.1) is 6.92 Å². The summed E-state index contributed by atoms with van der Waals surface area (Å²) < 4.78 is 5.48. The Morgan fingerprint density at radius 3 is 2.62 bits per heavy atom. The van der Waals surface area contributed by atoms with Crippen LogP contribution in [0.5, 0.6) is 5.75 Å². The quantitative estimate of drug-likeness (QED) is 0.735. The smallest absolute Gasteiger partial charge is 0.121 e. The van der Waals surface area contributed by atoms with Crippen molar-refractivity contribution in [1.29, 1.82) is 0 Å². The summed E-state index contributed by atoms with van der Waals surface area (Å²) in [5.74, 6) is 0.890. The van der Waals surface area contributed by atoms with Gasteiger partial charge >= 0.3 is 0 Å². The van der Waals surface area contributed by atoms with Gasteiger partial charge in [-0.2, -0.15) is 0 Å². The Morgan fingerprint density at radius 2 is 1.81 bits per heavy atom. The van der Waals surface area contributed by atoms with E-state index in [9.17, 15) is 0 Å². The summed E-state index contributed by atoms with van der Waals surface area (Å²) in [4.78, 5) is 0. The molecule has 4 heteroatoms. The van der Waals surface area contributed by atoms with Crippen molar-refractivity contribution in [3.63, 3.8) is 0 Å². The number of hydrogen-bond donors (Lipinski definition) is 2. The fourth-order valence-electron chi connectivity index (χ4n) is 2.07. The van der Waals surface area contributed by atoms with E-state index >= 15 is 0 Å². The van der Waals surface area contributed by atoms with Gasteiger partial charge in [0.2, 0.25) is 0 Å². The third-order valence-corrected chi connectivity index (χ3v) is 3.59. The lowest BCUT2D eigenvalue weighted by molar-refractivity contribution is 0.340. The van der Waals surface area contributed by atoms with Gasteiger partial charge in [-0.1, -0.05) is 23.7 Å². The lowest BCUT2D eigenvalue weighted by atomic mass is 10.2. The molecular weight excluding hydrogens is 284 g/mol. The van der Waals surface area contributed by atoms with Crippen molar-refractivity contribution in [2.75, 3.05) is 30.3 Å². The second-order valence-corrected chi connectivity index (χ2v) is 5.13. The van der Waals surface area contributed by atoms with Gasteiger partial charge in [-0.25, -0.2) is 0 Å². The van der Waals surface area contributed by atoms with Crippen LogP contribution in [0.3, 0.4) is 0 Å². The minimum Gasteiger partial charge on any atom is -0.494 e. The molecule has 2 aromatic carbocycles. The predicted molar refractivity (Wildman–Crippen MR) is 90.8 cm³/mol. The summed E-state index contributed by atoms with van der Waals surface area (Å²) in [7, 11) is 0. The highest BCUT2D eigenvalue weighted by molar-refractivity contribution is 6.31. The zero-order valence-electron chi connectivity index (χ0n) is 12.4. The Morgan fingerprint density at radius 1 is 1.05 bits per heavy atom. The van der Waals surface area contributed by atoms with Crippen molar-refractivity contribution >= 4 is 23.0 Å². The number of nitrogens with one attached hydrogen (secondary N) is 2. The predicted octanol–water partition coefficient (Wildman–Crippen LogP) is 4.57. The van der Waals surface area contributed by atoms with E-state index in [1.165, 1.54) is 0 Å². The van der Waals surface area contributed by atoms with Gasteiger partial charge in [0.15, 0.2) is 0 Å². The summed E-state index contributed by atoms with van der Waals surface area (Å²) in [6.07, 6.45) is 0. The largest absolute Gasteiger partial charge is 0.494 e. The highest BCUT2D eigenvalue weighted by atomic mass is 35.5. The molecule has 3 nitrogen and oxygen atoms in total. The lowest BCUT2D eigenvalue weighted by Gasteiger charge is -2.12. The molecule has 21 heavy (non-hydrogen) atoms. The molecule has 0 aromatic heterocycles. The Balaban J connectivity index is 1.82. The van der Waals surface area contributed by atoms with Crippen LogP contribution in [0.15, 0.2) is 42.5 Å². The van der Waals surface area contributed by atoms with Gasteiger partial charge in [-0.3, -0.25) is 0 Å². The fourth-order valence-corrected chi connectivity index (χ4v) is 2.24. The van der Waals surface area contributed by atoms with E-state index in [1.54, 1.807) is 0 Å². The standard InChI is InChI=1S/C17H21ClN2O/c1-3-21-15-7-4-6-14(12-15)19-10-11-20-17-9-5-8-16(18)13(17)2/h4-9,12,19-20H,3,10-11H2,1-2H3. The molecule has 2 rings (SSSR count). The van der Waals surface area contributed by atoms with E-state index in [2.05, 4.69) is 10.6 Å². The average Bonchev–Trinajstić information content (AvgIpc) is 2.48. The zero-order chi connectivity index (χ0) is 15.1. The van der Waals surface area contributed by atoms with E-state index in [1.807, 2.05) is 56.3 Å². The van der Waals surface area contributed by atoms with Gasteiger partial charge in [0.25, 0.3) is 0 Å². The molecule has 0 aliphatic heterocycles. The molecule has 0 spiro atoms. The monoisotopic (exact) mass is 304 g/mol. The molecule has 2 aromatic rings. The number of halogens is 1. The molecule has 0 saturated carbocycles. The highest BCUT2D eigenvalue weighted by Gasteiger charge is 2.01. The number of rotatable bonds is 7. The fraction of sp³-hybridized carbons (Fsp3) is 0.294. The summed E-state index contributed by atoms with van der Waals surface area (Å²) in [6.45, 7) is 6.32. The van der Waals surface area contributed by atoms with Crippen molar-refractivity contribution in [2.24, 2.45) is 0 Å². The van der Waals surface area contributed by atoms with Crippen LogP contribution in [0.1, 0.15) is 12.5 Å². The Labute approximate surface area is 131 Å². The van der Waals surface area contributed by atoms with Crippen LogP contribution in [0.4, 0.5) is 11.4 Å². The summed E-state index contributed by atoms with van der Waals surface area (Å²) in [5, 5.41) is 7.55. The first-order valence-electron chi connectivity index (χ1n) is 7.16. The topological polar surface area (TPSA) is 33.3 Å². The summed E-state index contributed by atoms with van der Waals surface area (Å²) in [6, 6.07) is 13.9. The SMILES string of the molecule is CCOc1cccc(NCCNc2cccc(Cl)c2C)c1. The second-order valence-electron chi connectivity index (χ2n) is 4.73. The third kappa shape index (κ3) is 4.57. The second kappa shape index (κ2) is 7.79. The molecule has 2 N–H and O–H groups in total. The van der Waals surface area contributed by atoms with Gasteiger partial charge in [0, 0.05) is 35.6 Å². The lowest BCUT2D eigenvalue weighted by Crippen LogP contribution is -2.14. The number of benzene rings is 2. The molecule has 0 fully saturated rings. The maximum atomic E-state index is 6.10. The molecule has 0 unspecified atom stereocenters. The van der Waals surface area contributed by atoms with Gasteiger partial charge in [0.1, 0.15) is 5.75 Å². The van der Waals surface area contributed by atoms with E-state index in [4.69, 9.17) is 16.3 Å². The van der Waals surface area contributed by atoms with Crippen LogP contribution in [-0.4, -0.2) is 19.7 Å². The maximum absolute atomic E-state index is 6.10. The van der Waals surface area contributed by atoms with E-state index in [-0.39, 0.29) is 0 Å². The normalized spacial score (nSPS) is 10.2. The Hall–Kier alpha value is -1.87. The van der Waals surface area contributed by atoms with Gasteiger partial charge in [-0.05, 0) is 43.7 Å². The van der Waals surface area contributed by atoms with Crippen LogP contribution in [0.25, 0.3) is 0 Å². The highest BCUT2D eigenvalue weighted by Crippen LogP contribution is 2.22. The van der Waals surface area contributed by atoms with Gasteiger partial charge in [-0.15, -0.1) is 0 Å². The van der Waals surface area contributed by atoms with Crippen molar-refractivity contribution < 1.29 is 4.74 Å². The number of anilines is 2. The van der Waals surface area contributed by atoms with E-state index < -0.39 is 0 Å². The molecule has 0 aliphatic carbocycles. The van der Waals surface area contributed by atoms with E-state index in [0.717, 1.165) is 40.8 Å². The van der Waals surface area contributed by atoms with Crippen molar-refractivity contribution in [1.82, 2.24) is 0 Å². The molecule has 0 aliphatic rings. The first-order chi connectivity index (χ1) is 10.2. The zero-order valence-corrected chi connectivity index (χ0v) is 13.2. The molecule has 0 bridgehead atoms. The molecule has 0 radical (unpaired) electrons. The molecule has 0 amide bonds. The summed E-state index contributed by atoms with van der Waals surface area (Å²) in [5.41, 5.74) is 3.22. The van der Waals surface area contributed by atoms with Gasteiger partial charge in [0.05, 0.1) is 6.61 Å². The van der Waals surface area contributed by atoms with Crippen molar-refractivity contribution in [3.05, 3.63) is 53.1 Å².